The van der Waals surface area contributed by atoms with Crippen LogP contribution in [0.25, 0.3) is 0 Å². The Morgan fingerprint density at radius 1 is 1.60 bits per heavy atom. The van der Waals surface area contributed by atoms with E-state index in [1.54, 1.807) is 0 Å². The van der Waals surface area contributed by atoms with Crippen molar-refractivity contribution in [3.05, 3.63) is 11.5 Å². The van der Waals surface area contributed by atoms with Crippen LogP contribution >= 0.6 is 10.8 Å². The zero-order valence-corrected chi connectivity index (χ0v) is 8.13. The zero-order chi connectivity index (χ0) is 7.82. The molecule has 0 heterocycles. The monoisotopic (exact) mass is 178 g/mol. The van der Waals surface area contributed by atoms with Gasteiger partial charge in [-0.15, -0.1) is 0 Å². The van der Waals surface area contributed by atoms with E-state index in [1.165, 1.54) is 10.8 Å². The van der Waals surface area contributed by atoms with Crippen molar-refractivity contribution >= 4 is 20.6 Å². The third-order valence-corrected chi connectivity index (χ3v) is 3.66. The van der Waals surface area contributed by atoms with E-state index >= 15 is 0 Å². The fourth-order valence-corrected chi connectivity index (χ4v) is 2.63. The van der Waals surface area contributed by atoms with Gasteiger partial charge in [0.05, 0.1) is 9.83 Å². The van der Waals surface area contributed by atoms with Gasteiger partial charge in [-0.1, -0.05) is 19.4 Å². The number of allylic oxidation sites excluding steroid dienone is 1. The molecule has 1 nitrogen and oxygen atoms in total. The Balaban J connectivity index is 3.25. The molecule has 0 N–H and O–H groups in total. The van der Waals surface area contributed by atoms with Crippen LogP contribution in [0.2, 0.25) is 0 Å². The average molecular weight is 178 g/mol. The summed E-state index contributed by atoms with van der Waals surface area (Å²) < 4.78 is 11.0. The Hall–Kier alpha value is 0.240. The summed E-state index contributed by atoms with van der Waals surface area (Å²) in [5.74, 6) is 0.825. The Labute approximate surface area is 69.1 Å². The fourth-order valence-electron chi connectivity index (χ4n) is 0.428. The molecule has 3 heteroatoms. The molecule has 0 amide bonds. The number of hydrogen-bond acceptors (Lipinski definition) is 2. The summed E-state index contributed by atoms with van der Waals surface area (Å²) in [7, 11) is 0.718. The lowest BCUT2D eigenvalue weighted by molar-refractivity contribution is 0.688. The van der Waals surface area contributed by atoms with Gasteiger partial charge in [0.1, 0.15) is 0 Å². The molecule has 0 aromatic rings. The van der Waals surface area contributed by atoms with Gasteiger partial charge in [-0.3, -0.25) is 0 Å². The van der Waals surface area contributed by atoms with Gasteiger partial charge >= 0.3 is 0 Å². The highest BCUT2D eigenvalue weighted by Crippen LogP contribution is 2.10. The SMILES string of the molecule is C/C=C\S[S@@](=O)CCCC. The van der Waals surface area contributed by atoms with Gasteiger partial charge in [-0.25, -0.2) is 4.21 Å². The van der Waals surface area contributed by atoms with Crippen molar-refractivity contribution in [2.24, 2.45) is 0 Å². The van der Waals surface area contributed by atoms with Crippen LogP contribution < -0.4 is 0 Å². The van der Waals surface area contributed by atoms with E-state index in [0.717, 1.165) is 18.6 Å². The van der Waals surface area contributed by atoms with Crippen LogP contribution in [0.15, 0.2) is 11.5 Å². The molecule has 10 heavy (non-hydrogen) atoms. The van der Waals surface area contributed by atoms with Crippen molar-refractivity contribution in [3.8, 4) is 0 Å². The molecule has 0 aliphatic rings. The van der Waals surface area contributed by atoms with E-state index in [1.807, 2.05) is 18.4 Å². The van der Waals surface area contributed by atoms with Crippen LogP contribution in [0.3, 0.4) is 0 Å². The molecule has 0 aliphatic carbocycles. The molecule has 0 spiro atoms. The maximum atomic E-state index is 11.0. The molecule has 0 radical (unpaired) electrons. The van der Waals surface area contributed by atoms with E-state index in [9.17, 15) is 4.21 Å². The third kappa shape index (κ3) is 6.36. The maximum Gasteiger partial charge on any atom is 0.0846 e. The number of hydrogen-bond donors (Lipinski definition) is 0. The van der Waals surface area contributed by atoms with Crippen molar-refractivity contribution in [2.45, 2.75) is 26.7 Å². The molecule has 0 fully saturated rings. The van der Waals surface area contributed by atoms with E-state index in [-0.39, 0.29) is 0 Å². The van der Waals surface area contributed by atoms with E-state index in [4.69, 9.17) is 0 Å². The first-order valence-corrected chi connectivity index (χ1v) is 6.19. The Bertz CT molecular complexity index is 121. The standard InChI is InChI=1S/C7H14OS2/c1-3-5-7-10(8)9-6-4-2/h4,6H,3,5,7H2,1-2H3/b6-4-/t10-/m1/s1. The van der Waals surface area contributed by atoms with Crippen molar-refractivity contribution in [2.75, 3.05) is 5.75 Å². The lowest BCUT2D eigenvalue weighted by Crippen LogP contribution is -1.88. The van der Waals surface area contributed by atoms with Crippen molar-refractivity contribution in [3.63, 3.8) is 0 Å². The normalized spacial score (nSPS) is 14.2. The summed E-state index contributed by atoms with van der Waals surface area (Å²) >= 11 is 0. The highest BCUT2D eigenvalue weighted by molar-refractivity contribution is 8.70. The van der Waals surface area contributed by atoms with E-state index in [0.29, 0.717) is 0 Å². The molecule has 0 saturated heterocycles. The van der Waals surface area contributed by atoms with Gasteiger partial charge in [-0.05, 0) is 29.5 Å². The summed E-state index contributed by atoms with van der Waals surface area (Å²) in [6.45, 7) is 4.04. The quantitative estimate of drug-likeness (QED) is 0.602. The van der Waals surface area contributed by atoms with Crippen LogP contribution in [0.4, 0.5) is 0 Å². The van der Waals surface area contributed by atoms with Crippen LogP contribution in [0, 0.1) is 0 Å². The lowest BCUT2D eigenvalue weighted by atomic mass is 10.4. The maximum absolute atomic E-state index is 11.0. The summed E-state index contributed by atoms with van der Waals surface area (Å²) in [6, 6.07) is 0. The van der Waals surface area contributed by atoms with Crippen LogP contribution in [-0.2, 0) is 9.83 Å². The summed E-state index contributed by atoms with van der Waals surface area (Å²) in [4.78, 5) is 0. The van der Waals surface area contributed by atoms with Crippen molar-refractivity contribution in [1.82, 2.24) is 0 Å². The Morgan fingerprint density at radius 2 is 2.30 bits per heavy atom. The van der Waals surface area contributed by atoms with Crippen molar-refractivity contribution in [1.29, 1.82) is 0 Å². The zero-order valence-electron chi connectivity index (χ0n) is 6.50. The van der Waals surface area contributed by atoms with Gasteiger partial charge in [-0.2, -0.15) is 0 Å². The highest BCUT2D eigenvalue weighted by Gasteiger charge is 1.94. The van der Waals surface area contributed by atoms with Gasteiger partial charge < -0.3 is 0 Å². The third-order valence-electron chi connectivity index (χ3n) is 0.964. The smallest absolute Gasteiger partial charge is 0.0846 e. The average Bonchev–Trinajstić information content (AvgIpc) is 1.97. The van der Waals surface area contributed by atoms with Gasteiger partial charge in [0.25, 0.3) is 0 Å². The lowest BCUT2D eigenvalue weighted by Gasteiger charge is -1.93. The van der Waals surface area contributed by atoms with Crippen LogP contribution in [-0.4, -0.2) is 9.96 Å². The van der Waals surface area contributed by atoms with Gasteiger partial charge in [0.15, 0.2) is 0 Å². The van der Waals surface area contributed by atoms with E-state index in [2.05, 4.69) is 6.92 Å². The minimum absolute atomic E-state index is 0.690. The second kappa shape index (κ2) is 7.35. The minimum Gasteiger partial charge on any atom is -0.248 e. The molecule has 0 bridgehead atoms. The molecular weight excluding hydrogens is 164 g/mol. The molecule has 0 saturated carbocycles. The van der Waals surface area contributed by atoms with Gasteiger partial charge in [0.2, 0.25) is 0 Å². The van der Waals surface area contributed by atoms with Crippen LogP contribution in [0.1, 0.15) is 26.7 Å². The van der Waals surface area contributed by atoms with Crippen LogP contribution in [0.5, 0.6) is 0 Å². The van der Waals surface area contributed by atoms with Gasteiger partial charge in [0, 0.05) is 5.75 Å². The Morgan fingerprint density at radius 3 is 2.80 bits per heavy atom. The predicted molar refractivity (Wildman–Crippen MR) is 50.3 cm³/mol. The van der Waals surface area contributed by atoms with E-state index < -0.39 is 9.83 Å². The second-order valence-electron chi connectivity index (χ2n) is 1.93. The summed E-state index contributed by atoms with van der Waals surface area (Å²) in [5.41, 5.74) is 0. The highest BCUT2D eigenvalue weighted by atomic mass is 33.1. The Kier molecular flexibility index (Phi) is 7.52. The summed E-state index contributed by atoms with van der Waals surface area (Å²) in [5, 5.41) is 1.88. The molecular formula is C7H14OS2. The largest absolute Gasteiger partial charge is 0.248 e. The molecule has 60 valence electrons. The first-order valence-electron chi connectivity index (χ1n) is 3.48. The minimum atomic E-state index is -0.690. The fraction of sp³-hybridized carbons (Fsp3) is 0.714. The predicted octanol–water partition coefficient (Wildman–Crippen LogP) is 2.72. The first-order chi connectivity index (χ1) is 4.81. The molecule has 0 aromatic carbocycles. The topological polar surface area (TPSA) is 17.1 Å². The number of unbranched alkanes of at least 4 members (excludes halogenated alkanes) is 1. The second-order valence-corrected chi connectivity index (χ2v) is 5.10. The molecule has 1 atom stereocenters. The molecule has 0 aromatic heterocycles. The first kappa shape index (κ1) is 10.2. The summed E-state index contributed by atoms with van der Waals surface area (Å²) in [6.07, 6.45) is 4.10. The van der Waals surface area contributed by atoms with Crippen molar-refractivity contribution < 1.29 is 4.21 Å². The molecule has 0 aliphatic heterocycles. The molecule has 0 rings (SSSR count). The molecule has 0 unspecified atom stereocenters. The number of rotatable bonds is 5.